The Bertz CT molecular complexity index is 654. The van der Waals surface area contributed by atoms with Crippen molar-refractivity contribution in [1.29, 1.82) is 0 Å². The van der Waals surface area contributed by atoms with Crippen molar-refractivity contribution in [2.45, 2.75) is 29.9 Å². The predicted molar refractivity (Wildman–Crippen MR) is 94.1 cm³/mol. The number of fused-ring (bicyclic) bond motifs is 1. The van der Waals surface area contributed by atoms with Gasteiger partial charge in [-0.05, 0) is 30.4 Å². The summed E-state index contributed by atoms with van der Waals surface area (Å²) in [5.74, 6) is 0. The smallest absolute Gasteiger partial charge is 0.0932 e. The molecule has 2 aliphatic heterocycles. The summed E-state index contributed by atoms with van der Waals surface area (Å²) in [4.78, 5) is 0. The maximum Gasteiger partial charge on any atom is 0.0932 e. The quantitative estimate of drug-likeness (QED) is 0.800. The van der Waals surface area contributed by atoms with Gasteiger partial charge in [-0.2, -0.15) is 5.10 Å². The van der Waals surface area contributed by atoms with Crippen LogP contribution in [0.15, 0.2) is 65.8 Å². The molecule has 0 radical (unpaired) electrons. The Hall–Kier alpha value is -1.74. The predicted octanol–water partition coefficient (Wildman–Crippen LogP) is 4.69. The molecule has 2 nitrogen and oxygen atoms in total. The van der Waals surface area contributed by atoms with Crippen molar-refractivity contribution in [2.75, 3.05) is 6.54 Å². The van der Waals surface area contributed by atoms with Gasteiger partial charge in [-0.3, -0.25) is 5.01 Å². The third kappa shape index (κ3) is 2.66. The molecule has 1 saturated heterocycles. The Kier molecular flexibility index (Phi) is 3.90. The number of piperidine rings is 1. The van der Waals surface area contributed by atoms with Crippen LogP contribution in [0, 0.1) is 0 Å². The Morgan fingerprint density at radius 1 is 0.909 bits per heavy atom. The van der Waals surface area contributed by atoms with E-state index in [1.54, 1.807) is 0 Å². The molecular weight excluding hydrogens is 288 g/mol. The molecule has 0 N–H and O–H groups in total. The Labute approximate surface area is 136 Å². The highest BCUT2D eigenvalue weighted by atomic mass is 32.2. The average molecular weight is 308 g/mol. The molecule has 2 aromatic rings. The number of benzene rings is 2. The Morgan fingerprint density at radius 3 is 2.41 bits per heavy atom. The minimum absolute atomic E-state index is 0.336. The van der Waals surface area contributed by atoms with Crippen molar-refractivity contribution in [1.82, 2.24) is 5.01 Å². The lowest BCUT2D eigenvalue weighted by molar-refractivity contribution is 0.212. The molecule has 0 aliphatic carbocycles. The van der Waals surface area contributed by atoms with Gasteiger partial charge in [0.25, 0.3) is 0 Å². The van der Waals surface area contributed by atoms with Gasteiger partial charge in [-0.15, -0.1) is 11.8 Å². The molecule has 2 unspecified atom stereocenters. The van der Waals surface area contributed by atoms with E-state index in [-0.39, 0.29) is 0 Å². The molecule has 22 heavy (non-hydrogen) atoms. The summed E-state index contributed by atoms with van der Waals surface area (Å²) in [6.45, 7) is 1.09. The Morgan fingerprint density at radius 2 is 1.64 bits per heavy atom. The molecule has 0 amide bonds. The summed E-state index contributed by atoms with van der Waals surface area (Å²) in [6.07, 6.45) is 3.84. The SMILES string of the molecule is c1ccc(C2=NN3CCCCC3SC2c2ccccc2)cc1. The van der Waals surface area contributed by atoms with E-state index in [2.05, 4.69) is 77.4 Å². The van der Waals surface area contributed by atoms with E-state index in [1.165, 1.54) is 36.1 Å². The van der Waals surface area contributed by atoms with E-state index < -0.39 is 0 Å². The fraction of sp³-hybridized carbons (Fsp3) is 0.316. The lowest BCUT2D eigenvalue weighted by Gasteiger charge is -2.40. The van der Waals surface area contributed by atoms with E-state index in [4.69, 9.17) is 5.10 Å². The summed E-state index contributed by atoms with van der Waals surface area (Å²) >= 11 is 2.07. The maximum atomic E-state index is 5.06. The number of hydrogen-bond donors (Lipinski definition) is 0. The third-order valence-electron chi connectivity index (χ3n) is 4.37. The highest BCUT2D eigenvalue weighted by molar-refractivity contribution is 8.00. The van der Waals surface area contributed by atoms with Crippen LogP contribution < -0.4 is 0 Å². The summed E-state index contributed by atoms with van der Waals surface area (Å²) in [5.41, 5.74) is 3.81. The standard InChI is InChI=1S/C19H20N2S/c1-3-9-15(10-4-1)18-19(16-11-5-2-6-12-16)22-17-13-7-8-14-21(17)20-18/h1-6,9-12,17,19H,7-8,13-14H2. The van der Waals surface area contributed by atoms with Gasteiger partial charge in [-0.25, -0.2) is 0 Å². The number of rotatable bonds is 2. The number of thioether (sulfide) groups is 1. The first kappa shape index (κ1) is 13.9. The maximum absolute atomic E-state index is 5.06. The lowest BCUT2D eigenvalue weighted by atomic mass is 10.0. The zero-order valence-corrected chi connectivity index (χ0v) is 13.4. The topological polar surface area (TPSA) is 15.6 Å². The van der Waals surface area contributed by atoms with Crippen molar-refractivity contribution in [3.8, 4) is 0 Å². The van der Waals surface area contributed by atoms with Crippen molar-refractivity contribution in [3.63, 3.8) is 0 Å². The second-order valence-corrected chi connectivity index (χ2v) is 7.18. The average Bonchev–Trinajstić information content (AvgIpc) is 2.62. The fourth-order valence-corrected chi connectivity index (χ4v) is 4.77. The monoisotopic (exact) mass is 308 g/mol. The van der Waals surface area contributed by atoms with Crippen LogP contribution in [0.3, 0.4) is 0 Å². The third-order valence-corrected chi connectivity index (χ3v) is 5.93. The molecule has 2 atom stereocenters. The molecule has 0 aromatic heterocycles. The zero-order valence-electron chi connectivity index (χ0n) is 12.6. The molecule has 4 rings (SSSR count). The largest absolute Gasteiger partial charge is 0.284 e. The molecule has 0 spiro atoms. The second kappa shape index (κ2) is 6.17. The second-order valence-electron chi connectivity index (χ2n) is 5.89. The minimum atomic E-state index is 0.336. The highest BCUT2D eigenvalue weighted by Crippen LogP contribution is 2.43. The molecule has 2 heterocycles. The normalized spacial score (nSPS) is 24.5. The van der Waals surface area contributed by atoms with Gasteiger partial charge in [-0.1, -0.05) is 60.7 Å². The van der Waals surface area contributed by atoms with Crippen LogP contribution in [-0.4, -0.2) is 22.6 Å². The summed E-state index contributed by atoms with van der Waals surface area (Å²) in [7, 11) is 0. The number of hydrogen-bond acceptors (Lipinski definition) is 3. The van der Waals surface area contributed by atoms with E-state index in [9.17, 15) is 0 Å². The van der Waals surface area contributed by atoms with Crippen molar-refractivity contribution >= 4 is 17.5 Å². The van der Waals surface area contributed by atoms with Gasteiger partial charge in [0, 0.05) is 6.54 Å². The summed E-state index contributed by atoms with van der Waals surface area (Å²) < 4.78 is 0. The summed E-state index contributed by atoms with van der Waals surface area (Å²) in [5, 5.41) is 8.25. The summed E-state index contributed by atoms with van der Waals surface area (Å²) in [6, 6.07) is 21.4. The van der Waals surface area contributed by atoms with Crippen LogP contribution in [0.25, 0.3) is 0 Å². The van der Waals surface area contributed by atoms with Gasteiger partial charge in [0.1, 0.15) is 0 Å². The molecule has 2 aliphatic rings. The zero-order chi connectivity index (χ0) is 14.8. The number of nitrogens with zero attached hydrogens (tertiary/aromatic N) is 2. The lowest BCUT2D eigenvalue weighted by Crippen LogP contribution is -2.39. The van der Waals surface area contributed by atoms with Crippen LogP contribution in [0.2, 0.25) is 0 Å². The van der Waals surface area contributed by atoms with E-state index in [1.807, 2.05) is 0 Å². The highest BCUT2D eigenvalue weighted by Gasteiger charge is 2.34. The molecular formula is C19H20N2S. The first-order valence-electron chi connectivity index (χ1n) is 8.03. The fourth-order valence-electron chi connectivity index (χ4n) is 3.23. The first-order valence-corrected chi connectivity index (χ1v) is 8.97. The van der Waals surface area contributed by atoms with E-state index in [0.717, 1.165) is 6.54 Å². The van der Waals surface area contributed by atoms with Crippen molar-refractivity contribution < 1.29 is 0 Å². The van der Waals surface area contributed by atoms with Crippen molar-refractivity contribution in [3.05, 3.63) is 71.8 Å². The van der Waals surface area contributed by atoms with Crippen LogP contribution in [0.5, 0.6) is 0 Å². The van der Waals surface area contributed by atoms with E-state index in [0.29, 0.717) is 10.6 Å². The van der Waals surface area contributed by atoms with Crippen LogP contribution in [-0.2, 0) is 0 Å². The Balaban J connectivity index is 1.77. The molecule has 3 heteroatoms. The van der Waals surface area contributed by atoms with Gasteiger partial charge >= 0.3 is 0 Å². The minimum Gasteiger partial charge on any atom is -0.284 e. The molecule has 1 fully saturated rings. The van der Waals surface area contributed by atoms with E-state index >= 15 is 0 Å². The molecule has 0 saturated carbocycles. The van der Waals surface area contributed by atoms with Crippen molar-refractivity contribution in [2.24, 2.45) is 5.10 Å². The molecule has 2 aromatic carbocycles. The van der Waals surface area contributed by atoms with Gasteiger partial charge in [0.05, 0.1) is 16.3 Å². The van der Waals surface area contributed by atoms with Crippen LogP contribution in [0.1, 0.15) is 35.6 Å². The van der Waals surface area contributed by atoms with Crippen LogP contribution in [0.4, 0.5) is 0 Å². The van der Waals surface area contributed by atoms with Gasteiger partial charge in [0.2, 0.25) is 0 Å². The van der Waals surface area contributed by atoms with Crippen LogP contribution >= 0.6 is 11.8 Å². The van der Waals surface area contributed by atoms with Gasteiger partial charge < -0.3 is 0 Å². The number of hydrazone groups is 1. The van der Waals surface area contributed by atoms with Gasteiger partial charge in [0.15, 0.2) is 0 Å². The molecule has 112 valence electrons. The molecule has 0 bridgehead atoms. The first-order chi connectivity index (χ1) is 10.9.